The number of hydrogen-bond donors (Lipinski definition) is 1. The first-order chi connectivity index (χ1) is 15.3. The SMILES string of the molecule is CCc1cc(CC)cc(C(C)c2cc(C)cc(C(C)c3cc(CC)cc(CC)c3)c2N)c1. The lowest BCUT2D eigenvalue weighted by Gasteiger charge is -2.23. The fraction of sp³-hybridized carbons (Fsp3) is 0.419. The largest absolute Gasteiger partial charge is 0.398 e. The van der Waals surface area contributed by atoms with Gasteiger partial charge >= 0.3 is 0 Å². The molecule has 0 amide bonds. The van der Waals surface area contributed by atoms with E-state index in [1.165, 1.54) is 50.1 Å². The van der Waals surface area contributed by atoms with Crippen molar-refractivity contribution in [3.63, 3.8) is 0 Å². The van der Waals surface area contributed by atoms with Crippen LogP contribution in [-0.4, -0.2) is 0 Å². The van der Waals surface area contributed by atoms with Crippen LogP contribution >= 0.6 is 0 Å². The minimum absolute atomic E-state index is 0.269. The van der Waals surface area contributed by atoms with Gasteiger partial charge in [-0.05, 0) is 77.1 Å². The molecule has 1 heteroatoms. The molecule has 0 saturated heterocycles. The van der Waals surface area contributed by atoms with E-state index in [1.807, 2.05) is 0 Å². The molecule has 1 nitrogen and oxygen atoms in total. The first-order valence-electron chi connectivity index (χ1n) is 12.5. The Bertz CT molecular complexity index is 949. The van der Waals surface area contributed by atoms with Gasteiger partial charge in [-0.25, -0.2) is 0 Å². The van der Waals surface area contributed by atoms with Gasteiger partial charge in [0.2, 0.25) is 0 Å². The quantitative estimate of drug-likeness (QED) is 0.361. The molecule has 3 rings (SSSR count). The van der Waals surface area contributed by atoms with Crippen molar-refractivity contribution in [3.8, 4) is 0 Å². The van der Waals surface area contributed by atoms with Gasteiger partial charge in [0.05, 0.1) is 0 Å². The van der Waals surface area contributed by atoms with Crippen molar-refractivity contribution in [2.24, 2.45) is 0 Å². The van der Waals surface area contributed by atoms with Gasteiger partial charge in [-0.3, -0.25) is 0 Å². The third-order valence-corrected chi connectivity index (χ3v) is 7.10. The van der Waals surface area contributed by atoms with Gasteiger partial charge in [-0.2, -0.15) is 0 Å². The van der Waals surface area contributed by atoms with Crippen molar-refractivity contribution in [2.45, 2.75) is 86.0 Å². The van der Waals surface area contributed by atoms with Crippen LogP contribution in [0.25, 0.3) is 0 Å². The molecule has 3 aromatic rings. The smallest absolute Gasteiger partial charge is 0.0391 e. The lowest BCUT2D eigenvalue weighted by Crippen LogP contribution is -2.09. The summed E-state index contributed by atoms with van der Waals surface area (Å²) >= 11 is 0. The maximum atomic E-state index is 6.91. The minimum atomic E-state index is 0.269. The number of benzene rings is 3. The van der Waals surface area contributed by atoms with E-state index in [1.54, 1.807) is 0 Å². The van der Waals surface area contributed by atoms with Crippen molar-refractivity contribution < 1.29 is 0 Å². The van der Waals surface area contributed by atoms with Crippen LogP contribution in [-0.2, 0) is 25.7 Å². The second kappa shape index (κ2) is 10.4. The molecule has 0 aliphatic rings. The average molecular weight is 428 g/mol. The summed E-state index contributed by atoms with van der Waals surface area (Å²) in [5.41, 5.74) is 20.1. The van der Waals surface area contributed by atoms with Crippen LogP contribution in [0.5, 0.6) is 0 Å². The topological polar surface area (TPSA) is 26.0 Å². The Labute approximate surface area is 196 Å². The van der Waals surface area contributed by atoms with Gasteiger partial charge in [0.15, 0.2) is 0 Å². The first-order valence-corrected chi connectivity index (χ1v) is 12.5. The lowest BCUT2D eigenvalue weighted by atomic mass is 9.82. The zero-order chi connectivity index (χ0) is 23.4. The molecule has 0 radical (unpaired) electrons. The van der Waals surface area contributed by atoms with Crippen LogP contribution in [0.4, 0.5) is 5.69 Å². The number of nitrogens with two attached hydrogens (primary N) is 1. The summed E-state index contributed by atoms with van der Waals surface area (Å²) in [4.78, 5) is 0. The molecule has 0 bridgehead atoms. The van der Waals surface area contributed by atoms with Gasteiger partial charge in [-0.15, -0.1) is 0 Å². The molecule has 170 valence electrons. The molecule has 2 atom stereocenters. The standard InChI is InChI=1S/C31H41N/c1-8-23-14-24(9-2)17-27(16-23)21(6)29-12-20(5)13-30(31(29)32)22(7)28-18-25(10-3)15-26(11-4)19-28/h12-19,21-22H,8-11,32H2,1-7H3. The predicted molar refractivity (Wildman–Crippen MR) is 141 cm³/mol. The van der Waals surface area contributed by atoms with Gasteiger partial charge in [0.1, 0.15) is 0 Å². The van der Waals surface area contributed by atoms with Crippen LogP contribution < -0.4 is 5.73 Å². The molecular weight excluding hydrogens is 386 g/mol. The van der Waals surface area contributed by atoms with Crippen LogP contribution in [0.3, 0.4) is 0 Å². The summed E-state index contributed by atoms with van der Waals surface area (Å²) in [6.45, 7) is 15.8. The first kappa shape index (κ1) is 24.1. The molecule has 0 fully saturated rings. The van der Waals surface area contributed by atoms with Crippen molar-refractivity contribution in [3.05, 3.63) is 98.6 Å². The Morgan fingerprint density at radius 1 is 0.562 bits per heavy atom. The summed E-state index contributed by atoms with van der Waals surface area (Å²) < 4.78 is 0. The van der Waals surface area contributed by atoms with Crippen LogP contribution in [0.15, 0.2) is 48.5 Å². The molecule has 0 spiro atoms. The predicted octanol–water partition coefficient (Wildman–Crippen LogP) is 8.13. The molecule has 0 aliphatic carbocycles. The molecule has 0 aromatic heterocycles. The normalized spacial score (nSPS) is 13.2. The van der Waals surface area contributed by atoms with Crippen molar-refractivity contribution in [1.82, 2.24) is 0 Å². The summed E-state index contributed by atoms with van der Waals surface area (Å²) in [5, 5.41) is 0. The summed E-state index contributed by atoms with van der Waals surface area (Å²) in [5.74, 6) is 0.539. The van der Waals surface area contributed by atoms with Gasteiger partial charge in [0, 0.05) is 17.5 Å². The Hall–Kier alpha value is -2.54. The van der Waals surface area contributed by atoms with E-state index in [4.69, 9.17) is 5.73 Å². The van der Waals surface area contributed by atoms with E-state index in [2.05, 4.69) is 97.0 Å². The Morgan fingerprint density at radius 3 is 1.16 bits per heavy atom. The average Bonchev–Trinajstić information content (AvgIpc) is 2.83. The maximum Gasteiger partial charge on any atom is 0.0391 e. The van der Waals surface area contributed by atoms with E-state index >= 15 is 0 Å². The van der Waals surface area contributed by atoms with Crippen molar-refractivity contribution in [2.75, 3.05) is 5.73 Å². The summed E-state index contributed by atoms with van der Waals surface area (Å²) in [6.07, 6.45) is 4.25. The van der Waals surface area contributed by atoms with Crippen molar-refractivity contribution >= 4 is 5.69 Å². The number of aryl methyl sites for hydroxylation is 5. The number of hydrogen-bond acceptors (Lipinski definition) is 1. The molecule has 0 heterocycles. The van der Waals surface area contributed by atoms with Crippen LogP contribution in [0, 0.1) is 6.92 Å². The van der Waals surface area contributed by atoms with Gasteiger partial charge < -0.3 is 5.73 Å². The van der Waals surface area contributed by atoms with E-state index in [9.17, 15) is 0 Å². The zero-order valence-corrected chi connectivity index (χ0v) is 21.2. The summed E-state index contributed by atoms with van der Waals surface area (Å²) in [7, 11) is 0. The molecule has 3 aromatic carbocycles. The van der Waals surface area contributed by atoms with Crippen LogP contribution in [0.1, 0.15) is 103 Å². The second-order valence-electron chi connectivity index (χ2n) is 9.38. The fourth-order valence-corrected chi connectivity index (χ4v) is 4.83. The highest BCUT2D eigenvalue weighted by Gasteiger charge is 2.20. The molecular formula is C31H41N. The third-order valence-electron chi connectivity index (χ3n) is 7.10. The molecule has 32 heavy (non-hydrogen) atoms. The molecule has 0 aliphatic heterocycles. The van der Waals surface area contributed by atoms with E-state index in [0.29, 0.717) is 0 Å². The number of anilines is 1. The summed E-state index contributed by atoms with van der Waals surface area (Å²) in [6, 6.07) is 18.7. The van der Waals surface area contributed by atoms with E-state index < -0.39 is 0 Å². The molecule has 0 saturated carbocycles. The highest BCUT2D eigenvalue weighted by Crippen LogP contribution is 2.38. The Balaban J connectivity index is 2.08. The van der Waals surface area contributed by atoms with Crippen LogP contribution in [0.2, 0.25) is 0 Å². The molecule has 2 N–H and O–H groups in total. The highest BCUT2D eigenvalue weighted by atomic mass is 14.6. The second-order valence-corrected chi connectivity index (χ2v) is 9.38. The minimum Gasteiger partial charge on any atom is -0.398 e. The number of rotatable bonds is 8. The lowest BCUT2D eigenvalue weighted by molar-refractivity contribution is 0.879. The van der Waals surface area contributed by atoms with E-state index in [0.717, 1.165) is 31.4 Å². The fourth-order valence-electron chi connectivity index (χ4n) is 4.83. The van der Waals surface area contributed by atoms with Crippen molar-refractivity contribution in [1.29, 1.82) is 0 Å². The highest BCUT2D eigenvalue weighted by molar-refractivity contribution is 5.62. The zero-order valence-electron chi connectivity index (χ0n) is 21.2. The monoisotopic (exact) mass is 427 g/mol. The van der Waals surface area contributed by atoms with Gasteiger partial charge in [0.25, 0.3) is 0 Å². The van der Waals surface area contributed by atoms with Gasteiger partial charge in [-0.1, -0.05) is 95.6 Å². The molecule has 2 unspecified atom stereocenters. The number of nitrogen functional groups attached to an aromatic ring is 1. The van der Waals surface area contributed by atoms with E-state index in [-0.39, 0.29) is 11.8 Å². The third kappa shape index (κ3) is 5.09. The maximum absolute atomic E-state index is 6.91. The Morgan fingerprint density at radius 2 is 0.875 bits per heavy atom. The Kier molecular flexibility index (Phi) is 7.82.